The first-order chi connectivity index (χ1) is 11.3. The molecule has 0 unspecified atom stereocenters. The molecule has 0 aliphatic rings. The Balaban J connectivity index is 2.44. The molecule has 7 heteroatoms. The summed E-state index contributed by atoms with van der Waals surface area (Å²) in [5.74, 6) is 0.487. The Labute approximate surface area is 146 Å². The number of hydrogen-bond donors (Lipinski definition) is 1. The highest BCUT2D eigenvalue weighted by atomic mass is 32.1. The minimum Gasteiger partial charge on any atom is -0.355 e. The van der Waals surface area contributed by atoms with E-state index in [-0.39, 0.29) is 18.0 Å². The number of amides is 1. The summed E-state index contributed by atoms with van der Waals surface area (Å²) in [7, 11) is 3.85. The van der Waals surface area contributed by atoms with Crippen LogP contribution in [0.3, 0.4) is 0 Å². The van der Waals surface area contributed by atoms with Gasteiger partial charge in [-0.05, 0) is 39.9 Å². The molecule has 0 saturated heterocycles. The summed E-state index contributed by atoms with van der Waals surface area (Å²) in [6.45, 7) is 7.18. The van der Waals surface area contributed by atoms with Crippen molar-refractivity contribution in [1.82, 2.24) is 19.8 Å². The molecule has 0 atom stereocenters. The predicted octanol–water partition coefficient (Wildman–Crippen LogP) is 2.05. The zero-order valence-corrected chi connectivity index (χ0v) is 15.9. The topological polar surface area (TPSA) is 67.2 Å². The fourth-order valence-electron chi connectivity index (χ4n) is 2.54. The normalized spacial score (nSPS) is 11.4. The van der Waals surface area contributed by atoms with Crippen LogP contribution in [0.5, 0.6) is 0 Å². The summed E-state index contributed by atoms with van der Waals surface area (Å²) in [5, 5.41) is 3.51. The maximum absolute atomic E-state index is 13.0. The number of thiophene rings is 1. The monoisotopic (exact) mass is 350 g/mol. The molecular formula is C17H26N4O2S. The fourth-order valence-corrected chi connectivity index (χ4v) is 3.58. The van der Waals surface area contributed by atoms with Crippen LogP contribution in [0.25, 0.3) is 10.2 Å². The van der Waals surface area contributed by atoms with Crippen LogP contribution in [-0.4, -0.2) is 41.0 Å². The first-order valence-corrected chi connectivity index (χ1v) is 9.07. The van der Waals surface area contributed by atoms with Crippen molar-refractivity contribution in [3.8, 4) is 0 Å². The molecule has 0 aliphatic heterocycles. The lowest BCUT2D eigenvalue weighted by Crippen LogP contribution is -2.36. The average molecular weight is 350 g/mol. The highest BCUT2D eigenvalue weighted by Crippen LogP contribution is 2.26. The predicted molar refractivity (Wildman–Crippen MR) is 98.7 cm³/mol. The van der Waals surface area contributed by atoms with Gasteiger partial charge in [0.05, 0.1) is 11.9 Å². The van der Waals surface area contributed by atoms with Gasteiger partial charge in [0.1, 0.15) is 17.2 Å². The van der Waals surface area contributed by atoms with Crippen molar-refractivity contribution in [2.75, 3.05) is 20.6 Å². The molecule has 6 nitrogen and oxygen atoms in total. The lowest BCUT2D eigenvalue weighted by molar-refractivity contribution is -0.121. The van der Waals surface area contributed by atoms with E-state index in [1.165, 1.54) is 15.9 Å². The summed E-state index contributed by atoms with van der Waals surface area (Å²) in [6, 6.07) is 0. The molecule has 2 aromatic rings. The Bertz CT molecular complexity index is 792. The van der Waals surface area contributed by atoms with Crippen molar-refractivity contribution >= 4 is 27.5 Å². The number of nitrogens with zero attached hydrogens (tertiary/aromatic N) is 3. The van der Waals surface area contributed by atoms with Gasteiger partial charge in [0, 0.05) is 11.4 Å². The number of nitrogens with one attached hydrogen (secondary N) is 1. The maximum atomic E-state index is 13.0. The highest BCUT2D eigenvalue weighted by Gasteiger charge is 2.18. The summed E-state index contributed by atoms with van der Waals surface area (Å²) in [5.41, 5.74) is 0.841. The number of unbranched alkanes of at least 4 members (excludes halogenated alkanes) is 1. The van der Waals surface area contributed by atoms with Crippen LogP contribution in [0.1, 0.15) is 36.0 Å². The average Bonchev–Trinajstić information content (AvgIpc) is 2.78. The summed E-state index contributed by atoms with van der Waals surface area (Å²) >= 11 is 1.54. The molecule has 1 N–H and O–H groups in total. The number of aromatic nitrogens is 2. The van der Waals surface area contributed by atoms with Crippen LogP contribution in [0.4, 0.5) is 0 Å². The first-order valence-electron chi connectivity index (χ1n) is 8.26. The molecule has 2 rings (SSSR count). The Kier molecular flexibility index (Phi) is 6.12. The van der Waals surface area contributed by atoms with Gasteiger partial charge in [-0.2, -0.15) is 0 Å². The molecule has 0 bridgehead atoms. The quantitative estimate of drug-likeness (QED) is 0.776. The van der Waals surface area contributed by atoms with Gasteiger partial charge >= 0.3 is 0 Å². The standard InChI is InChI=1S/C17H26N4O2S/c1-6-7-8-18-14(22)10-21-13(9-20(4)5)19-16-15(17(21)23)11(2)12(3)24-16/h6-10H2,1-5H3,(H,18,22). The van der Waals surface area contributed by atoms with Crippen LogP contribution in [0, 0.1) is 13.8 Å². The van der Waals surface area contributed by atoms with Crippen molar-refractivity contribution in [1.29, 1.82) is 0 Å². The number of hydrogen-bond acceptors (Lipinski definition) is 5. The van der Waals surface area contributed by atoms with Crippen molar-refractivity contribution < 1.29 is 4.79 Å². The molecule has 2 aromatic heterocycles. The fraction of sp³-hybridized carbons (Fsp3) is 0.588. The number of rotatable bonds is 7. The van der Waals surface area contributed by atoms with E-state index in [1.54, 1.807) is 0 Å². The Morgan fingerprint density at radius 2 is 2.04 bits per heavy atom. The van der Waals surface area contributed by atoms with Gasteiger partial charge in [-0.15, -0.1) is 11.3 Å². The van der Waals surface area contributed by atoms with Crippen molar-refractivity contribution in [2.24, 2.45) is 0 Å². The Morgan fingerprint density at radius 3 is 2.67 bits per heavy atom. The van der Waals surface area contributed by atoms with Crippen LogP contribution in [-0.2, 0) is 17.9 Å². The zero-order chi connectivity index (χ0) is 17.9. The lowest BCUT2D eigenvalue weighted by Gasteiger charge is -2.15. The summed E-state index contributed by atoms with van der Waals surface area (Å²) < 4.78 is 1.52. The third-order valence-corrected chi connectivity index (χ3v) is 5.08. The molecular weight excluding hydrogens is 324 g/mol. The molecule has 0 spiro atoms. The molecule has 2 heterocycles. The summed E-state index contributed by atoms with van der Waals surface area (Å²) in [4.78, 5) is 33.6. The van der Waals surface area contributed by atoms with Gasteiger partial charge < -0.3 is 10.2 Å². The smallest absolute Gasteiger partial charge is 0.263 e. The molecule has 0 aromatic carbocycles. The number of aryl methyl sites for hydroxylation is 2. The maximum Gasteiger partial charge on any atom is 0.263 e. The van der Waals surface area contributed by atoms with Gasteiger partial charge in [-0.25, -0.2) is 4.98 Å². The second kappa shape index (κ2) is 7.90. The van der Waals surface area contributed by atoms with E-state index < -0.39 is 0 Å². The van der Waals surface area contributed by atoms with E-state index in [2.05, 4.69) is 17.2 Å². The minimum atomic E-state index is -0.142. The SMILES string of the molecule is CCCCNC(=O)Cn1c(CN(C)C)nc2sc(C)c(C)c2c1=O. The van der Waals surface area contributed by atoms with Gasteiger partial charge in [-0.3, -0.25) is 14.2 Å². The van der Waals surface area contributed by atoms with Gasteiger partial charge in [0.15, 0.2) is 0 Å². The third-order valence-electron chi connectivity index (χ3n) is 3.98. The third kappa shape index (κ3) is 4.02. The van der Waals surface area contributed by atoms with E-state index >= 15 is 0 Å². The van der Waals surface area contributed by atoms with Gasteiger partial charge in [0.25, 0.3) is 5.56 Å². The lowest BCUT2D eigenvalue weighted by atomic mass is 10.2. The van der Waals surface area contributed by atoms with E-state index in [4.69, 9.17) is 0 Å². The van der Waals surface area contributed by atoms with E-state index in [9.17, 15) is 9.59 Å². The largest absolute Gasteiger partial charge is 0.355 e. The minimum absolute atomic E-state index is 0.0169. The van der Waals surface area contributed by atoms with Crippen molar-refractivity contribution in [2.45, 2.75) is 46.7 Å². The second-order valence-electron chi connectivity index (χ2n) is 6.32. The highest BCUT2D eigenvalue weighted by molar-refractivity contribution is 7.18. The van der Waals surface area contributed by atoms with Crippen LogP contribution in [0.15, 0.2) is 4.79 Å². The zero-order valence-electron chi connectivity index (χ0n) is 15.1. The van der Waals surface area contributed by atoms with Crippen LogP contribution >= 0.6 is 11.3 Å². The molecule has 0 saturated carbocycles. The Hall–Kier alpha value is -1.73. The van der Waals surface area contributed by atoms with E-state index in [1.807, 2.05) is 32.8 Å². The molecule has 0 aliphatic carbocycles. The number of carbonyl (C=O) groups is 1. The molecule has 132 valence electrons. The van der Waals surface area contributed by atoms with Crippen LogP contribution < -0.4 is 10.9 Å². The van der Waals surface area contributed by atoms with Gasteiger partial charge in [-0.1, -0.05) is 13.3 Å². The van der Waals surface area contributed by atoms with Gasteiger partial charge in [0.2, 0.25) is 5.91 Å². The van der Waals surface area contributed by atoms with E-state index in [0.29, 0.717) is 24.3 Å². The van der Waals surface area contributed by atoms with Crippen molar-refractivity contribution in [3.63, 3.8) is 0 Å². The van der Waals surface area contributed by atoms with Crippen LogP contribution in [0.2, 0.25) is 0 Å². The van der Waals surface area contributed by atoms with E-state index in [0.717, 1.165) is 28.1 Å². The number of carbonyl (C=O) groups excluding carboxylic acids is 1. The first kappa shape index (κ1) is 18.6. The molecule has 0 fully saturated rings. The summed E-state index contributed by atoms with van der Waals surface area (Å²) in [6.07, 6.45) is 1.96. The second-order valence-corrected chi connectivity index (χ2v) is 7.53. The van der Waals surface area contributed by atoms with Crippen molar-refractivity contribution in [3.05, 3.63) is 26.6 Å². The molecule has 0 radical (unpaired) electrons. The number of fused-ring (bicyclic) bond motifs is 1. The molecule has 24 heavy (non-hydrogen) atoms. The molecule has 1 amide bonds. The Morgan fingerprint density at radius 1 is 1.33 bits per heavy atom.